The number of nitrogens with two attached hydrogens (primary N) is 1. The zero-order valence-electron chi connectivity index (χ0n) is 22.0. The van der Waals surface area contributed by atoms with Gasteiger partial charge in [-0.1, -0.05) is 48.0 Å². The number of para-hydroxylation sites is 1. The summed E-state index contributed by atoms with van der Waals surface area (Å²) in [5.41, 5.74) is 6.61. The minimum absolute atomic E-state index is 0.146. The molecule has 11 heteroatoms. The van der Waals surface area contributed by atoms with Crippen LogP contribution in [0.2, 0.25) is 5.02 Å². The minimum Gasteiger partial charge on any atom is -0.370 e. The van der Waals surface area contributed by atoms with Crippen LogP contribution in [0.15, 0.2) is 72.8 Å². The number of benzene rings is 3. The maximum Gasteiger partial charge on any atom is 0.253 e. The molecule has 0 unspecified atom stereocenters. The second-order valence-corrected chi connectivity index (χ2v) is 10.9. The van der Waals surface area contributed by atoms with Crippen LogP contribution in [0, 0.1) is 11.8 Å². The van der Waals surface area contributed by atoms with Gasteiger partial charge >= 0.3 is 0 Å². The summed E-state index contributed by atoms with van der Waals surface area (Å²) in [6.45, 7) is 1.52. The Morgan fingerprint density at radius 1 is 0.976 bits per heavy atom. The number of imide groups is 1. The number of anilines is 3. The van der Waals surface area contributed by atoms with E-state index in [2.05, 4.69) is 10.6 Å². The molecule has 3 aromatic carbocycles. The summed E-state index contributed by atoms with van der Waals surface area (Å²) in [4.78, 5) is 68.8. The Morgan fingerprint density at radius 2 is 1.66 bits per heavy atom. The van der Waals surface area contributed by atoms with Crippen LogP contribution in [0.1, 0.15) is 24.5 Å². The summed E-state index contributed by atoms with van der Waals surface area (Å²) in [7, 11) is 0. The van der Waals surface area contributed by atoms with Gasteiger partial charge in [0, 0.05) is 41.3 Å². The van der Waals surface area contributed by atoms with Crippen LogP contribution in [0.4, 0.5) is 17.1 Å². The highest BCUT2D eigenvalue weighted by Gasteiger charge is 2.71. The molecule has 3 aliphatic rings. The summed E-state index contributed by atoms with van der Waals surface area (Å²) >= 11 is 6.43. The molecule has 2 saturated heterocycles. The van der Waals surface area contributed by atoms with Crippen LogP contribution in [0.3, 0.4) is 0 Å². The molecule has 0 aliphatic carbocycles. The van der Waals surface area contributed by atoms with Crippen molar-refractivity contribution >= 4 is 58.2 Å². The number of nitrogens with one attached hydrogen (secondary N) is 2. The Bertz CT molecular complexity index is 1630. The van der Waals surface area contributed by atoms with Crippen molar-refractivity contribution in [2.45, 2.75) is 31.5 Å². The van der Waals surface area contributed by atoms with Gasteiger partial charge in [-0.3, -0.25) is 29.3 Å². The Labute approximate surface area is 240 Å². The van der Waals surface area contributed by atoms with Crippen LogP contribution in [-0.4, -0.2) is 35.6 Å². The third-order valence-electron chi connectivity index (χ3n) is 8.02. The number of fused-ring (bicyclic) bond motifs is 4. The van der Waals surface area contributed by atoms with Crippen LogP contribution >= 0.6 is 11.6 Å². The lowest BCUT2D eigenvalue weighted by Gasteiger charge is -2.30. The van der Waals surface area contributed by atoms with Gasteiger partial charge in [0.25, 0.3) is 5.91 Å². The Kier molecular flexibility index (Phi) is 6.39. The number of nitrogens with zero attached hydrogens (tertiary/aromatic N) is 2. The monoisotopic (exact) mass is 571 g/mol. The lowest BCUT2D eigenvalue weighted by molar-refractivity contribution is -0.132. The highest BCUT2D eigenvalue weighted by molar-refractivity contribution is 6.31. The van der Waals surface area contributed by atoms with E-state index in [1.807, 2.05) is 12.1 Å². The molecule has 0 aromatic heterocycles. The van der Waals surface area contributed by atoms with Gasteiger partial charge in [-0.05, 0) is 42.0 Å². The number of halogens is 1. The predicted molar refractivity (Wildman–Crippen MR) is 152 cm³/mol. The van der Waals surface area contributed by atoms with Crippen molar-refractivity contribution in [2.24, 2.45) is 17.6 Å². The molecule has 0 bridgehead atoms. The number of rotatable bonds is 6. The quantitative estimate of drug-likeness (QED) is 0.388. The molecule has 0 saturated carbocycles. The number of carbonyl (C=O) groups excluding carboxylic acids is 5. The first-order valence-electron chi connectivity index (χ1n) is 13.1. The first-order chi connectivity index (χ1) is 19.6. The average Bonchev–Trinajstić information content (AvgIpc) is 3.49. The highest BCUT2D eigenvalue weighted by atomic mass is 35.5. The minimum atomic E-state index is -1.60. The molecule has 3 aliphatic heterocycles. The van der Waals surface area contributed by atoms with E-state index in [1.54, 1.807) is 65.6 Å². The van der Waals surface area contributed by atoms with Gasteiger partial charge in [0.2, 0.25) is 23.6 Å². The van der Waals surface area contributed by atoms with Crippen LogP contribution in [0.5, 0.6) is 0 Å². The van der Waals surface area contributed by atoms with E-state index in [9.17, 15) is 24.0 Å². The van der Waals surface area contributed by atoms with Crippen molar-refractivity contribution in [1.29, 1.82) is 0 Å². The fraction of sp³-hybridized carbons (Fsp3) is 0.233. The maximum atomic E-state index is 14.5. The average molecular weight is 572 g/mol. The molecule has 6 rings (SSSR count). The van der Waals surface area contributed by atoms with E-state index in [-0.39, 0.29) is 18.9 Å². The second kappa shape index (κ2) is 9.83. The highest BCUT2D eigenvalue weighted by Crippen LogP contribution is 2.55. The molecule has 5 amide bonds. The number of carbonyl (C=O) groups is 5. The summed E-state index contributed by atoms with van der Waals surface area (Å²) in [5.74, 6) is -4.57. The Morgan fingerprint density at radius 3 is 2.34 bits per heavy atom. The largest absolute Gasteiger partial charge is 0.370 e. The number of hydrogen-bond acceptors (Lipinski definition) is 6. The molecule has 4 atom stereocenters. The van der Waals surface area contributed by atoms with Crippen LogP contribution < -0.4 is 26.2 Å². The molecular weight excluding hydrogens is 546 g/mol. The molecule has 1 spiro atoms. The van der Waals surface area contributed by atoms with E-state index >= 15 is 0 Å². The zero-order chi connectivity index (χ0) is 29.1. The van der Waals surface area contributed by atoms with Gasteiger partial charge in [0.15, 0.2) is 0 Å². The van der Waals surface area contributed by atoms with E-state index in [0.29, 0.717) is 33.2 Å². The van der Waals surface area contributed by atoms with Crippen LogP contribution in [-0.2, 0) is 36.1 Å². The number of hydrogen-bond donors (Lipinski definition) is 3. The first-order valence-corrected chi connectivity index (χ1v) is 13.5. The van der Waals surface area contributed by atoms with E-state index in [4.69, 9.17) is 17.3 Å². The summed E-state index contributed by atoms with van der Waals surface area (Å²) < 4.78 is 0. The summed E-state index contributed by atoms with van der Waals surface area (Å²) in [5, 5.41) is 6.40. The SMILES string of the molecule is CC(=O)Nc1ccc(N2C(=O)[C@@H]3[C@H](CC(N)=O)N[C@]4(C(=O)N(Cc5ccccc5Cl)c5ccccc54)[C@H]3C2=O)cc1. The zero-order valence-corrected chi connectivity index (χ0v) is 22.7. The van der Waals surface area contributed by atoms with Gasteiger partial charge in [0.05, 0.1) is 24.1 Å². The van der Waals surface area contributed by atoms with Gasteiger partial charge in [-0.15, -0.1) is 0 Å². The molecule has 3 aromatic rings. The standard InChI is InChI=1S/C30H26ClN5O5/c1-16(37)33-18-10-12-19(13-11-18)36-27(39)25-22(14-24(32)38)34-30(26(25)28(36)40)20-7-3-5-9-23(20)35(29(30)41)15-17-6-2-4-8-21(17)31/h2-13,22,25-26,34H,14-15H2,1H3,(H2,32,38)(H,33,37)/t22-,25+,26+,30-/m0/s1. The lowest BCUT2D eigenvalue weighted by Crippen LogP contribution is -2.55. The maximum absolute atomic E-state index is 14.5. The molecule has 2 fully saturated rings. The van der Waals surface area contributed by atoms with Crippen molar-refractivity contribution < 1.29 is 24.0 Å². The molecule has 208 valence electrons. The smallest absolute Gasteiger partial charge is 0.253 e. The molecule has 0 radical (unpaired) electrons. The lowest BCUT2D eigenvalue weighted by atomic mass is 9.76. The predicted octanol–water partition coefficient (Wildman–Crippen LogP) is 2.69. The normalized spacial score (nSPS) is 24.6. The number of primary amides is 1. The summed E-state index contributed by atoms with van der Waals surface area (Å²) in [6, 6.07) is 19.7. The summed E-state index contributed by atoms with van der Waals surface area (Å²) in [6.07, 6.45) is -0.239. The fourth-order valence-corrected chi connectivity index (χ4v) is 6.64. The molecule has 4 N–H and O–H groups in total. The van der Waals surface area contributed by atoms with Crippen molar-refractivity contribution in [3.63, 3.8) is 0 Å². The third-order valence-corrected chi connectivity index (χ3v) is 8.39. The van der Waals surface area contributed by atoms with Crippen molar-refractivity contribution in [3.05, 3.63) is 88.9 Å². The van der Waals surface area contributed by atoms with Crippen molar-refractivity contribution in [1.82, 2.24) is 5.32 Å². The van der Waals surface area contributed by atoms with Gasteiger partial charge in [-0.2, -0.15) is 0 Å². The molecular formula is C30H26ClN5O5. The van der Waals surface area contributed by atoms with Gasteiger partial charge < -0.3 is 16.0 Å². The molecule has 41 heavy (non-hydrogen) atoms. The Hall–Kier alpha value is -4.54. The Balaban J connectivity index is 1.45. The van der Waals surface area contributed by atoms with Crippen molar-refractivity contribution in [3.8, 4) is 0 Å². The van der Waals surface area contributed by atoms with Gasteiger partial charge in [0.1, 0.15) is 5.54 Å². The molecule has 10 nitrogen and oxygen atoms in total. The fourth-order valence-electron chi connectivity index (χ4n) is 6.44. The van der Waals surface area contributed by atoms with Crippen molar-refractivity contribution in [2.75, 3.05) is 15.1 Å². The van der Waals surface area contributed by atoms with E-state index < -0.39 is 47.0 Å². The second-order valence-electron chi connectivity index (χ2n) is 10.5. The first kappa shape index (κ1) is 26.7. The van der Waals surface area contributed by atoms with Gasteiger partial charge in [-0.25, -0.2) is 4.90 Å². The van der Waals surface area contributed by atoms with E-state index in [0.717, 1.165) is 4.90 Å². The molecule has 3 heterocycles. The topological polar surface area (TPSA) is 142 Å². The third kappa shape index (κ3) is 4.10. The number of amides is 5. The van der Waals surface area contributed by atoms with Crippen LogP contribution in [0.25, 0.3) is 0 Å². The van der Waals surface area contributed by atoms with E-state index in [1.165, 1.54) is 6.92 Å².